The fourth-order valence-corrected chi connectivity index (χ4v) is 3.23. The second-order valence-electron chi connectivity index (χ2n) is 4.86. The number of hydrogen-bond donors (Lipinski definition) is 2. The SMILES string of the molecule is O=C(Nc1ccccc1)NN1C(=O)C(=Cc2ccccc2)SC1=S. The first-order chi connectivity index (χ1) is 11.6. The first-order valence-electron chi connectivity index (χ1n) is 7.09. The predicted molar refractivity (Wildman–Crippen MR) is 100 cm³/mol. The molecule has 1 saturated heterocycles. The third-order valence-corrected chi connectivity index (χ3v) is 4.44. The van der Waals surface area contributed by atoms with Crippen LogP contribution in [0.4, 0.5) is 10.5 Å². The topological polar surface area (TPSA) is 61.4 Å². The number of nitrogens with zero attached hydrogens (tertiary/aromatic N) is 1. The number of hydrazine groups is 1. The van der Waals surface area contributed by atoms with Gasteiger partial charge < -0.3 is 5.32 Å². The summed E-state index contributed by atoms with van der Waals surface area (Å²) in [6.45, 7) is 0. The van der Waals surface area contributed by atoms with Crippen molar-refractivity contribution in [2.24, 2.45) is 0 Å². The molecule has 0 bridgehead atoms. The standard InChI is InChI=1S/C17H13N3O2S2/c21-15-14(11-12-7-3-1-4-8-12)24-17(23)20(15)19-16(22)18-13-9-5-2-6-10-13/h1-11H,(H2,18,19,22). The van der Waals surface area contributed by atoms with E-state index in [2.05, 4.69) is 10.7 Å². The van der Waals surface area contributed by atoms with Crippen molar-refractivity contribution in [1.82, 2.24) is 10.4 Å². The van der Waals surface area contributed by atoms with Gasteiger partial charge in [0.05, 0.1) is 4.91 Å². The molecule has 5 nitrogen and oxygen atoms in total. The Morgan fingerprint density at radius 1 is 1.04 bits per heavy atom. The molecule has 2 aromatic rings. The third kappa shape index (κ3) is 3.81. The molecule has 0 spiro atoms. The maximum absolute atomic E-state index is 12.4. The number of thiocarbonyl (C=S) groups is 1. The fourth-order valence-electron chi connectivity index (χ4n) is 2.05. The van der Waals surface area contributed by atoms with Crippen LogP contribution in [0.2, 0.25) is 0 Å². The maximum atomic E-state index is 12.4. The molecular weight excluding hydrogens is 342 g/mol. The molecule has 0 atom stereocenters. The third-order valence-electron chi connectivity index (χ3n) is 3.14. The second-order valence-corrected chi connectivity index (χ2v) is 6.54. The minimum Gasteiger partial charge on any atom is -0.307 e. The van der Waals surface area contributed by atoms with E-state index < -0.39 is 6.03 Å². The summed E-state index contributed by atoms with van der Waals surface area (Å²) >= 11 is 6.33. The van der Waals surface area contributed by atoms with Crippen LogP contribution in [0.1, 0.15) is 5.56 Å². The first kappa shape index (κ1) is 16.2. The Hall–Kier alpha value is -2.64. The van der Waals surface area contributed by atoms with Crippen molar-refractivity contribution in [3.63, 3.8) is 0 Å². The number of nitrogens with one attached hydrogen (secondary N) is 2. The second kappa shape index (κ2) is 7.29. The smallest absolute Gasteiger partial charge is 0.307 e. The van der Waals surface area contributed by atoms with E-state index in [4.69, 9.17) is 12.2 Å². The lowest BCUT2D eigenvalue weighted by Crippen LogP contribution is -2.46. The molecule has 7 heteroatoms. The van der Waals surface area contributed by atoms with E-state index in [0.29, 0.717) is 10.6 Å². The van der Waals surface area contributed by atoms with Crippen LogP contribution in [0.5, 0.6) is 0 Å². The normalized spacial score (nSPS) is 15.7. The Kier molecular flexibility index (Phi) is 4.93. The Labute approximate surface area is 148 Å². The summed E-state index contributed by atoms with van der Waals surface area (Å²) in [5.74, 6) is -0.350. The zero-order valence-electron chi connectivity index (χ0n) is 12.4. The summed E-state index contributed by atoms with van der Waals surface area (Å²) < 4.78 is 0.283. The van der Waals surface area contributed by atoms with Gasteiger partial charge in [-0.05, 0) is 36.0 Å². The van der Waals surface area contributed by atoms with E-state index in [1.54, 1.807) is 30.3 Å². The molecule has 2 N–H and O–H groups in total. The Bertz CT molecular complexity index is 807. The number of hydrogen-bond acceptors (Lipinski definition) is 4. The summed E-state index contributed by atoms with van der Waals surface area (Å²) in [5, 5.41) is 3.72. The first-order valence-corrected chi connectivity index (χ1v) is 8.31. The largest absolute Gasteiger partial charge is 0.338 e. The van der Waals surface area contributed by atoms with Gasteiger partial charge in [0.25, 0.3) is 5.91 Å². The van der Waals surface area contributed by atoms with Crippen LogP contribution in [0.15, 0.2) is 65.6 Å². The van der Waals surface area contributed by atoms with Gasteiger partial charge in [0.2, 0.25) is 0 Å². The molecule has 0 unspecified atom stereocenters. The van der Waals surface area contributed by atoms with Gasteiger partial charge in [-0.25, -0.2) is 10.2 Å². The average molecular weight is 355 g/mol. The average Bonchev–Trinajstić information content (AvgIpc) is 2.84. The van der Waals surface area contributed by atoms with Crippen LogP contribution < -0.4 is 10.7 Å². The molecule has 1 aliphatic rings. The van der Waals surface area contributed by atoms with Crippen molar-refractivity contribution >= 4 is 52.0 Å². The van der Waals surface area contributed by atoms with Gasteiger partial charge in [0.15, 0.2) is 4.32 Å². The number of amides is 3. The molecule has 0 aliphatic carbocycles. The molecule has 1 heterocycles. The van der Waals surface area contributed by atoms with E-state index in [9.17, 15) is 9.59 Å². The summed E-state index contributed by atoms with van der Waals surface area (Å²) in [7, 11) is 0. The lowest BCUT2D eigenvalue weighted by molar-refractivity contribution is -0.123. The van der Waals surface area contributed by atoms with Gasteiger partial charge in [-0.1, -0.05) is 60.3 Å². The predicted octanol–water partition coefficient (Wildman–Crippen LogP) is 3.62. The summed E-state index contributed by atoms with van der Waals surface area (Å²) in [4.78, 5) is 24.9. The molecular formula is C17H13N3O2S2. The lowest BCUT2D eigenvalue weighted by atomic mass is 10.2. The van der Waals surface area contributed by atoms with Crippen molar-refractivity contribution in [3.05, 3.63) is 71.1 Å². The van der Waals surface area contributed by atoms with Crippen LogP contribution in [0.3, 0.4) is 0 Å². The van der Waals surface area contributed by atoms with E-state index >= 15 is 0 Å². The van der Waals surface area contributed by atoms with Gasteiger partial charge in [-0.2, -0.15) is 5.01 Å². The number of carbonyl (C=O) groups excluding carboxylic acids is 2. The Morgan fingerprint density at radius 3 is 2.33 bits per heavy atom. The maximum Gasteiger partial charge on any atom is 0.338 e. The lowest BCUT2D eigenvalue weighted by Gasteiger charge is -2.16. The number of rotatable bonds is 3. The Balaban J connectivity index is 1.68. The van der Waals surface area contributed by atoms with Crippen molar-refractivity contribution in [2.75, 3.05) is 5.32 Å². The van der Waals surface area contributed by atoms with Crippen LogP contribution in [-0.2, 0) is 4.79 Å². The molecule has 2 aromatic carbocycles. The van der Waals surface area contributed by atoms with Crippen molar-refractivity contribution < 1.29 is 9.59 Å². The summed E-state index contributed by atoms with van der Waals surface area (Å²) in [5.41, 5.74) is 3.99. The molecule has 3 rings (SSSR count). The highest BCUT2D eigenvalue weighted by Crippen LogP contribution is 2.31. The zero-order chi connectivity index (χ0) is 16.9. The zero-order valence-corrected chi connectivity index (χ0v) is 14.1. The van der Waals surface area contributed by atoms with E-state index in [-0.39, 0.29) is 10.2 Å². The molecule has 0 aromatic heterocycles. The van der Waals surface area contributed by atoms with Gasteiger partial charge in [-0.3, -0.25) is 4.79 Å². The van der Waals surface area contributed by atoms with E-state index in [1.807, 2.05) is 36.4 Å². The number of anilines is 1. The number of para-hydroxylation sites is 1. The summed E-state index contributed by atoms with van der Waals surface area (Å²) in [6.07, 6.45) is 1.75. The van der Waals surface area contributed by atoms with Gasteiger partial charge in [0.1, 0.15) is 0 Å². The van der Waals surface area contributed by atoms with Crippen LogP contribution in [0.25, 0.3) is 6.08 Å². The molecule has 0 saturated carbocycles. The van der Waals surface area contributed by atoms with E-state index in [0.717, 1.165) is 22.3 Å². The molecule has 3 amide bonds. The van der Waals surface area contributed by atoms with Crippen LogP contribution in [0, 0.1) is 0 Å². The quantitative estimate of drug-likeness (QED) is 0.652. The van der Waals surface area contributed by atoms with Crippen molar-refractivity contribution in [3.8, 4) is 0 Å². The highest BCUT2D eigenvalue weighted by atomic mass is 32.2. The minimum absolute atomic E-state index is 0.283. The fraction of sp³-hybridized carbons (Fsp3) is 0. The Morgan fingerprint density at radius 2 is 1.67 bits per heavy atom. The number of thioether (sulfide) groups is 1. The highest BCUT2D eigenvalue weighted by Gasteiger charge is 2.33. The number of urea groups is 1. The molecule has 1 fully saturated rings. The molecule has 0 radical (unpaired) electrons. The highest BCUT2D eigenvalue weighted by molar-refractivity contribution is 8.26. The van der Waals surface area contributed by atoms with Crippen molar-refractivity contribution in [1.29, 1.82) is 0 Å². The number of benzene rings is 2. The van der Waals surface area contributed by atoms with Gasteiger partial charge in [0, 0.05) is 5.69 Å². The number of carbonyl (C=O) groups is 2. The summed E-state index contributed by atoms with van der Waals surface area (Å²) in [6, 6.07) is 17.9. The minimum atomic E-state index is -0.529. The van der Waals surface area contributed by atoms with Crippen LogP contribution >= 0.6 is 24.0 Å². The van der Waals surface area contributed by atoms with Crippen LogP contribution in [-0.4, -0.2) is 21.3 Å². The van der Waals surface area contributed by atoms with Gasteiger partial charge in [-0.15, -0.1) is 0 Å². The molecule has 1 aliphatic heterocycles. The molecule has 120 valence electrons. The monoisotopic (exact) mass is 355 g/mol. The van der Waals surface area contributed by atoms with E-state index in [1.165, 1.54) is 0 Å². The van der Waals surface area contributed by atoms with Crippen molar-refractivity contribution in [2.45, 2.75) is 0 Å². The molecule has 24 heavy (non-hydrogen) atoms. The van der Waals surface area contributed by atoms with Gasteiger partial charge >= 0.3 is 6.03 Å².